The van der Waals surface area contributed by atoms with Crippen LogP contribution in [-0.2, 0) is 0 Å². The number of hydrogen-bond donors (Lipinski definition) is 1. The number of rotatable bonds is 7. The molecule has 0 fully saturated rings. The Morgan fingerprint density at radius 1 is 1.32 bits per heavy atom. The van der Waals surface area contributed by atoms with E-state index in [9.17, 15) is 0 Å². The van der Waals surface area contributed by atoms with Crippen LogP contribution < -0.4 is 10.6 Å². The summed E-state index contributed by atoms with van der Waals surface area (Å²) in [6.07, 6.45) is 3.71. The number of anilines is 1. The van der Waals surface area contributed by atoms with Crippen molar-refractivity contribution in [3.8, 4) is 0 Å². The number of aryl methyl sites for hydroxylation is 1. The third-order valence-electron chi connectivity index (χ3n) is 3.35. The molecule has 0 saturated carbocycles. The zero-order chi connectivity index (χ0) is 14.4. The average molecular weight is 278 g/mol. The van der Waals surface area contributed by atoms with E-state index in [-0.39, 0.29) is 0 Å². The largest absolute Gasteiger partial charge is 0.389 e. The second-order valence-corrected chi connectivity index (χ2v) is 5.82. The zero-order valence-electron chi connectivity index (χ0n) is 12.6. The van der Waals surface area contributed by atoms with Crippen LogP contribution in [0.2, 0.25) is 0 Å². The molecule has 0 heterocycles. The molecule has 106 valence electrons. The standard InChI is InChI=1S/C16H26N2S/c1-5-6-7-10-18(12(2)3)15-11-13(4)8-9-14(15)16(17)19/h8-9,11-12H,5-7,10H2,1-4H3,(H2,17,19). The third-order valence-corrected chi connectivity index (χ3v) is 3.57. The summed E-state index contributed by atoms with van der Waals surface area (Å²) in [5, 5.41) is 0. The monoisotopic (exact) mass is 278 g/mol. The zero-order valence-corrected chi connectivity index (χ0v) is 13.4. The minimum Gasteiger partial charge on any atom is -0.389 e. The molecule has 0 aromatic heterocycles. The minimum atomic E-state index is 0.451. The maximum absolute atomic E-state index is 5.86. The smallest absolute Gasteiger partial charge is 0.106 e. The lowest BCUT2D eigenvalue weighted by molar-refractivity contribution is 0.625. The Labute approximate surface area is 123 Å². The van der Waals surface area contributed by atoms with Gasteiger partial charge in [0.2, 0.25) is 0 Å². The van der Waals surface area contributed by atoms with Crippen molar-refractivity contribution in [2.24, 2.45) is 5.73 Å². The third kappa shape index (κ3) is 4.50. The number of hydrogen-bond acceptors (Lipinski definition) is 2. The van der Waals surface area contributed by atoms with Gasteiger partial charge in [0.15, 0.2) is 0 Å². The molecule has 0 radical (unpaired) electrons. The highest BCUT2D eigenvalue weighted by atomic mass is 32.1. The van der Waals surface area contributed by atoms with Crippen molar-refractivity contribution in [1.82, 2.24) is 0 Å². The van der Waals surface area contributed by atoms with Gasteiger partial charge >= 0.3 is 0 Å². The van der Waals surface area contributed by atoms with Gasteiger partial charge in [-0.2, -0.15) is 0 Å². The van der Waals surface area contributed by atoms with E-state index in [1.54, 1.807) is 0 Å². The van der Waals surface area contributed by atoms with Crippen LogP contribution in [0.4, 0.5) is 5.69 Å². The predicted molar refractivity (Wildman–Crippen MR) is 89.1 cm³/mol. The number of nitrogens with two attached hydrogens (primary N) is 1. The average Bonchev–Trinajstić information content (AvgIpc) is 2.33. The molecule has 0 amide bonds. The molecule has 2 nitrogen and oxygen atoms in total. The molecule has 1 aromatic carbocycles. The second kappa shape index (κ2) is 7.49. The number of benzene rings is 1. The van der Waals surface area contributed by atoms with E-state index in [1.807, 2.05) is 6.07 Å². The van der Waals surface area contributed by atoms with Gasteiger partial charge in [-0.05, 0) is 44.9 Å². The van der Waals surface area contributed by atoms with Gasteiger partial charge in [0.05, 0.1) is 0 Å². The molecule has 0 saturated heterocycles. The van der Waals surface area contributed by atoms with Gasteiger partial charge in [-0.3, -0.25) is 0 Å². The van der Waals surface area contributed by atoms with Crippen LogP contribution in [-0.4, -0.2) is 17.6 Å². The minimum absolute atomic E-state index is 0.451. The molecule has 1 rings (SSSR count). The molecule has 0 atom stereocenters. The van der Waals surface area contributed by atoms with Crippen LogP contribution in [0.5, 0.6) is 0 Å². The van der Waals surface area contributed by atoms with E-state index in [0.717, 1.165) is 12.1 Å². The van der Waals surface area contributed by atoms with Gasteiger partial charge < -0.3 is 10.6 Å². The maximum Gasteiger partial charge on any atom is 0.106 e. The highest BCUT2D eigenvalue weighted by molar-refractivity contribution is 7.80. The highest BCUT2D eigenvalue weighted by Gasteiger charge is 2.15. The van der Waals surface area contributed by atoms with Crippen molar-refractivity contribution in [3.63, 3.8) is 0 Å². The first kappa shape index (κ1) is 16.0. The summed E-state index contributed by atoms with van der Waals surface area (Å²) in [6.45, 7) is 9.84. The van der Waals surface area contributed by atoms with Gasteiger partial charge in [-0.25, -0.2) is 0 Å². The highest BCUT2D eigenvalue weighted by Crippen LogP contribution is 2.25. The van der Waals surface area contributed by atoms with Crippen molar-refractivity contribution in [3.05, 3.63) is 29.3 Å². The molecule has 19 heavy (non-hydrogen) atoms. The first-order valence-electron chi connectivity index (χ1n) is 7.14. The van der Waals surface area contributed by atoms with E-state index in [2.05, 4.69) is 44.7 Å². The molecular weight excluding hydrogens is 252 g/mol. The van der Waals surface area contributed by atoms with Crippen LogP contribution in [0, 0.1) is 6.92 Å². The second-order valence-electron chi connectivity index (χ2n) is 5.38. The van der Waals surface area contributed by atoms with Crippen molar-refractivity contribution in [1.29, 1.82) is 0 Å². The molecule has 0 aliphatic rings. The number of unbranched alkanes of at least 4 members (excludes halogenated alkanes) is 2. The summed E-state index contributed by atoms with van der Waals surface area (Å²) in [4.78, 5) is 2.90. The fraction of sp³-hybridized carbons (Fsp3) is 0.562. The Balaban J connectivity index is 3.06. The van der Waals surface area contributed by atoms with Crippen molar-refractivity contribution >= 4 is 22.9 Å². The molecule has 0 aliphatic carbocycles. The van der Waals surface area contributed by atoms with Gasteiger partial charge in [0, 0.05) is 23.8 Å². The van der Waals surface area contributed by atoms with Gasteiger partial charge in [0.1, 0.15) is 4.99 Å². The lowest BCUT2D eigenvalue weighted by atomic mass is 10.1. The first-order valence-corrected chi connectivity index (χ1v) is 7.55. The van der Waals surface area contributed by atoms with Crippen LogP contribution in [0.1, 0.15) is 51.2 Å². The summed E-state index contributed by atoms with van der Waals surface area (Å²) in [7, 11) is 0. The van der Waals surface area contributed by atoms with Gasteiger partial charge in [-0.15, -0.1) is 0 Å². The Morgan fingerprint density at radius 2 is 2.00 bits per heavy atom. The quantitative estimate of drug-likeness (QED) is 0.603. The van der Waals surface area contributed by atoms with Crippen molar-refractivity contribution < 1.29 is 0 Å². The van der Waals surface area contributed by atoms with Crippen molar-refractivity contribution in [2.75, 3.05) is 11.4 Å². The maximum atomic E-state index is 5.86. The van der Waals surface area contributed by atoms with E-state index in [0.29, 0.717) is 11.0 Å². The molecule has 0 bridgehead atoms. The molecule has 2 N–H and O–H groups in total. The molecule has 0 spiro atoms. The van der Waals surface area contributed by atoms with E-state index >= 15 is 0 Å². The SMILES string of the molecule is CCCCCN(c1cc(C)ccc1C(N)=S)C(C)C. The summed E-state index contributed by atoms with van der Waals surface area (Å²) in [6, 6.07) is 6.76. The Kier molecular flexibility index (Phi) is 6.29. The van der Waals surface area contributed by atoms with Gasteiger partial charge in [-0.1, -0.05) is 38.0 Å². The van der Waals surface area contributed by atoms with Crippen LogP contribution in [0.15, 0.2) is 18.2 Å². The molecule has 3 heteroatoms. The summed E-state index contributed by atoms with van der Waals surface area (Å²) < 4.78 is 0. The van der Waals surface area contributed by atoms with Crippen molar-refractivity contribution in [2.45, 2.75) is 53.0 Å². The molecule has 1 aromatic rings. The summed E-state index contributed by atoms with van der Waals surface area (Å²) in [5.41, 5.74) is 9.28. The summed E-state index contributed by atoms with van der Waals surface area (Å²) in [5.74, 6) is 0. The number of nitrogens with zero attached hydrogens (tertiary/aromatic N) is 1. The predicted octanol–water partition coefficient (Wildman–Crippen LogP) is 4.03. The first-order chi connectivity index (χ1) is 8.97. The van der Waals surface area contributed by atoms with Crippen LogP contribution in [0.3, 0.4) is 0 Å². The Bertz CT molecular complexity index is 427. The normalized spacial score (nSPS) is 10.8. The Morgan fingerprint density at radius 3 is 2.53 bits per heavy atom. The number of thiocarbonyl (C=S) groups is 1. The summed E-state index contributed by atoms with van der Waals surface area (Å²) >= 11 is 5.19. The van der Waals surface area contributed by atoms with Crippen LogP contribution >= 0.6 is 12.2 Å². The fourth-order valence-corrected chi connectivity index (χ4v) is 2.45. The molecule has 0 unspecified atom stereocenters. The fourth-order valence-electron chi connectivity index (χ4n) is 2.28. The Hall–Kier alpha value is -1.09. The van der Waals surface area contributed by atoms with Gasteiger partial charge in [0.25, 0.3) is 0 Å². The van der Waals surface area contributed by atoms with E-state index in [1.165, 1.54) is 30.5 Å². The lowest BCUT2D eigenvalue weighted by Crippen LogP contribution is -2.33. The molecular formula is C16H26N2S. The van der Waals surface area contributed by atoms with E-state index in [4.69, 9.17) is 18.0 Å². The van der Waals surface area contributed by atoms with E-state index < -0.39 is 0 Å². The molecule has 0 aliphatic heterocycles. The van der Waals surface area contributed by atoms with Crippen LogP contribution in [0.25, 0.3) is 0 Å². The lowest BCUT2D eigenvalue weighted by Gasteiger charge is -2.31. The topological polar surface area (TPSA) is 29.3 Å².